The third kappa shape index (κ3) is 4.49. The Hall–Kier alpha value is -2.59. The summed E-state index contributed by atoms with van der Waals surface area (Å²) < 4.78 is 55.4. The zero-order chi connectivity index (χ0) is 25.7. The Labute approximate surface area is 216 Å². The molecule has 7 nitrogen and oxygen atoms in total. The second-order valence-corrected chi connectivity index (χ2v) is 13.2. The number of para-hydroxylation sites is 1. The van der Waals surface area contributed by atoms with Crippen molar-refractivity contribution in [2.45, 2.75) is 55.4 Å². The molecule has 2 aromatic carbocycles. The van der Waals surface area contributed by atoms with Gasteiger partial charge in [-0.1, -0.05) is 49.1 Å². The van der Waals surface area contributed by atoms with Crippen LogP contribution in [0.4, 0.5) is 0 Å². The van der Waals surface area contributed by atoms with Crippen molar-refractivity contribution in [1.29, 1.82) is 0 Å². The Balaban J connectivity index is 1.73. The highest BCUT2D eigenvalue weighted by Crippen LogP contribution is 2.38. The van der Waals surface area contributed by atoms with Gasteiger partial charge in [-0.2, -0.15) is 0 Å². The first-order valence-corrected chi connectivity index (χ1v) is 15.3. The summed E-state index contributed by atoms with van der Waals surface area (Å²) in [6, 6.07) is 14.8. The first-order chi connectivity index (χ1) is 17.1. The van der Waals surface area contributed by atoms with Crippen molar-refractivity contribution in [3.8, 4) is 11.3 Å². The highest BCUT2D eigenvalue weighted by molar-refractivity contribution is 7.90. The summed E-state index contributed by atoms with van der Waals surface area (Å²) in [5.41, 5.74) is 2.35. The molecule has 5 rings (SSSR count). The molecule has 1 saturated carbocycles. The highest BCUT2D eigenvalue weighted by Gasteiger charge is 2.27. The molecular formula is C26H28ClN3O4S2. The molecule has 0 saturated heterocycles. The number of hydrogen-bond acceptors (Lipinski definition) is 4. The van der Waals surface area contributed by atoms with Crippen LogP contribution in [0.15, 0.2) is 70.6 Å². The maximum atomic E-state index is 13.6. The normalized spacial score (nSPS) is 15.5. The van der Waals surface area contributed by atoms with Gasteiger partial charge in [-0.05, 0) is 62.1 Å². The Kier molecular flexibility index (Phi) is 6.53. The van der Waals surface area contributed by atoms with E-state index >= 15 is 0 Å². The largest absolute Gasteiger partial charge is 0.343 e. The van der Waals surface area contributed by atoms with E-state index in [0.717, 1.165) is 25.7 Å². The smallest absolute Gasteiger partial charge is 0.268 e. The average molecular weight is 546 g/mol. The molecule has 1 aliphatic carbocycles. The summed E-state index contributed by atoms with van der Waals surface area (Å²) in [7, 11) is -7.90. The van der Waals surface area contributed by atoms with Crippen LogP contribution in [0.2, 0.25) is 5.02 Å². The minimum Gasteiger partial charge on any atom is -0.343 e. The van der Waals surface area contributed by atoms with Gasteiger partial charge in [0.2, 0.25) is 10.0 Å². The fourth-order valence-corrected chi connectivity index (χ4v) is 7.56. The number of fused-ring (bicyclic) bond motifs is 1. The van der Waals surface area contributed by atoms with Crippen LogP contribution >= 0.6 is 11.6 Å². The van der Waals surface area contributed by atoms with Crippen molar-refractivity contribution in [3.63, 3.8) is 0 Å². The molecular weight excluding hydrogens is 518 g/mol. The zero-order valence-corrected chi connectivity index (χ0v) is 22.3. The molecule has 2 aromatic heterocycles. The fraction of sp³-hybridized carbons (Fsp3) is 0.308. The number of nitrogens with two attached hydrogens (primary N) is 1. The number of rotatable bonds is 6. The van der Waals surface area contributed by atoms with E-state index in [1.54, 1.807) is 31.3 Å². The lowest BCUT2D eigenvalue weighted by Crippen LogP contribution is -2.17. The minimum atomic E-state index is -3.96. The quantitative estimate of drug-likeness (QED) is 0.343. The Morgan fingerprint density at radius 3 is 2.31 bits per heavy atom. The van der Waals surface area contributed by atoms with Crippen molar-refractivity contribution >= 4 is 42.6 Å². The zero-order valence-electron chi connectivity index (χ0n) is 19.9. The van der Waals surface area contributed by atoms with Crippen LogP contribution in [0.5, 0.6) is 0 Å². The number of nitrogens with zero attached hydrogens (tertiary/aromatic N) is 2. The van der Waals surface area contributed by atoms with Crippen molar-refractivity contribution < 1.29 is 16.8 Å². The Bertz CT molecular complexity index is 1650. The van der Waals surface area contributed by atoms with Crippen LogP contribution in [-0.4, -0.2) is 25.4 Å². The van der Waals surface area contributed by atoms with Crippen LogP contribution in [-0.2, 0) is 26.6 Å². The third-order valence-corrected chi connectivity index (χ3v) is 10.1. The third-order valence-electron chi connectivity index (χ3n) is 7.12. The number of aromatic nitrogens is 2. The van der Waals surface area contributed by atoms with Gasteiger partial charge >= 0.3 is 0 Å². The van der Waals surface area contributed by atoms with E-state index in [1.165, 1.54) is 34.7 Å². The summed E-state index contributed by atoms with van der Waals surface area (Å²) >= 11 is 5.97. The van der Waals surface area contributed by atoms with E-state index in [-0.39, 0.29) is 9.79 Å². The molecule has 0 bridgehead atoms. The topological polar surface area (TPSA) is 104 Å². The van der Waals surface area contributed by atoms with Gasteiger partial charge in [0.15, 0.2) is 0 Å². The number of halogens is 1. The van der Waals surface area contributed by atoms with Gasteiger partial charge < -0.3 is 4.57 Å². The summed E-state index contributed by atoms with van der Waals surface area (Å²) in [5, 5.41) is 6.72. The average Bonchev–Trinajstić information content (AvgIpc) is 3.39. The highest BCUT2D eigenvalue weighted by atomic mass is 35.5. The van der Waals surface area contributed by atoms with Gasteiger partial charge in [0.05, 0.1) is 16.1 Å². The van der Waals surface area contributed by atoms with Crippen molar-refractivity contribution in [3.05, 3.63) is 71.5 Å². The second kappa shape index (κ2) is 9.37. The van der Waals surface area contributed by atoms with E-state index in [2.05, 4.69) is 0 Å². The molecule has 1 fully saturated rings. The van der Waals surface area contributed by atoms with Crippen LogP contribution in [0, 0.1) is 12.8 Å². The van der Waals surface area contributed by atoms with Gasteiger partial charge in [-0.15, -0.1) is 0 Å². The summed E-state index contributed by atoms with van der Waals surface area (Å²) in [5.74, 6) is 0.420. The van der Waals surface area contributed by atoms with Crippen molar-refractivity contribution in [1.82, 2.24) is 8.54 Å². The van der Waals surface area contributed by atoms with E-state index < -0.39 is 20.0 Å². The first-order valence-electron chi connectivity index (χ1n) is 11.9. The SMILES string of the molecule is Cc1c(S(N)(=O)=O)cc(-c2cn(S(=O)(=O)c3ccc(Cl)cc3)c3ccccc23)n1CC1CCCCC1. The van der Waals surface area contributed by atoms with Gasteiger partial charge in [-0.25, -0.2) is 25.9 Å². The lowest BCUT2D eigenvalue weighted by Gasteiger charge is -2.24. The molecule has 0 aliphatic heterocycles. The fourth-order valence-electron chi connectivity index (χ4n) is 5.27. The molecule has 1 aliphatic rings. The van der Waals surface area contributed by atoms with Gasteiger partial charge in [0.25, 0.3) is 10.0 Å². The maximum absolute atomic E-state index is 13.6. The van der Waals surface area contributed by atoms with Gasteiger partial charge in [0.1, 0.15) is 4.90 Å². The van der Waals surface area contributed by atoms with E-state index in [4.69, 9.17) is 16.7 Å². The molecule has 2 heterocycles. The predicted octanol–water partition coefficient (Wildman–Crippen LogP) is 5.54. The molecule has 0 unspecified atom stereocenters. The molecule has 0 atom stereocenters. The summed E-state index contributed by atoms with van der Waals surface area (Å²) in [6.07, 6.45) is 7.26. The minimum absolute atomic E-state index is 0.0608. The molecule has 0 radical (unpaired) electrons. The lowest BCUT2D eigenvalue weighted by molar-refractivity contribution is 0.318. The summed E-state index contributed by atoms with van der Waals surface area (Å²) in [6.45, 7) is 2.41. The molecule has 190 valence electrons. The van der Waals surface area contributed by atoms with Gasteiger partial charge in [0, 0.05) is 34.4 Å². The van der Waals surface area contributed by atoms with Gasteiger partial charge in [-0.3, -0.25) is 0 Å². The number of primary sulfonamides is 1. The molecule has 0 spiro atoms. The molecule has 4 aromatic rings. The molecule has 2 N–H and O–H groups in total. The number of hydrogen-bond donors (Lipinski definition) is 1. The van der Waals surface area contributed by atoms with Crippen molar-refractivity contribution in [2.75, 3.05) is 0 Å². The first kappa shape index (κ1) is 25.1. The molecule has 10 heteroatoms. The van der Waals surface area contributed by atoms with Crippen LogP contribution in [0.1, 0.15) is 37.8 Å². The summed E-state index contributed by atoms with van der Waals surface area (Å²) in [4.78, 5) is 0.170. The second-order valence-electron chi connectivity index (χ2n) is 9.45. The molecule has 36 heavy (non-hydrogen) atoms. The van der Waals surface area contributed by atoms with E-state index in [0.29, 0.717) is 45.3 Å². The number of sulfonamides is 1. The van der Waals surface area contributed by atoms with E-state index in [9.17, 15) is 16.8 Å². The number of benzene rings is 2. The maximum Gasteiger partial charge on any atom is 0.268 e. The Morgan fingerprint density at radius 1 is 0.972 bits per heavy atom. The van der Waals surface area contributed by atoms with Crippen LogP contribution in [0.3, 0.4) is 0 Å². The monoisotopic (exact) mass is 545 g/mol. The predicted molar refractivity (Wildman–Crippen MR) is 142 cm³/mol. The Morgan fingerprint density at radius 2 is 1.64 bits per heavy atom. The van der Waals surface area contributed by atoms with E-state index in [1.807, 2.05) is 16.7 Å². The van der Waals surface area contributed by atoms with Crippen LogP contribution < -0.4 is 5.14 Å². The standard InChI is InChI=1S/C26H28ClN3O4S2/c1-18-26(35(28,31)32)15-25(29(18)16-19-7-3-2-4-8-19)23-17-30(24-10-6-5-9-22(23)24)36(33,34)21-13-11-20(27)12-14-21/h5-6,9-15,17,19H,2-4,7-8,16H2,1H3,(H2,28,31,32). The molecule has 0 amide bonds. The van der Waals surface area contributed by atoms with Crippen LogP contribution in [0.25, 0.3) is 22.2 Å². The van der Waals surface area contributed by atoms with Crippen molar-refractivity contribution in [2.24, 2.45) is 11.1 Å². The lowest BCUT2D eigenvalue weighted by atomic mass is 9.89.